The van der Waals surface area contributed by atoms with Gasteiger partial charge < -0.3 is 15.1 Å². The molecule has 3 amide bonds. The van der Waals surface area contributed by atoms with Crippen molar-refractivity contribution in [2.75, 3.05) is 32.7 Å². The van der Waals surface area contributed by atoms with Crippen LogP contribution in [0.5, 0.6) is 0 Å². The average molecular weight is 361 g/mol. The van der Waals surface area contributed by atoms with E-state index in [1.165, 1.54) is 0 Å². The molecular formula is C18H27N5O3. The van der Waals surface area contributed by atoms with Crippen LogP contribution in [0.15, 0.2) is 18.5 Å². The van der Waals surface area contributed by atoms with Crippen molar-refractivity contribution in [2.45, 2.75) is 38.6 Å². The minimum Gasteiger partial charge on any atom is -0.354 e. The van der Waals surface area contributed by atoms with Crippen LogP contribution in [0.4, 0.5) is 0 Å². The Kier molecular flexibility index (Phi) is 6.25. The normalized spacial score (nSPS) is 20.7. The van der Waals surface area contributed by atoms with Crippen molar-refractivity contribution in [3.05, 3.63) is 18.5 Å². The zero-order valence-electron chi connectivity index (χ0n) is 15.1. The van der Waals surface area contributed by atoms with Crippen molar-refractivity contribution in [1.82, 2.24) is 24.9 Å². The predicted molar refractivity (Wildman–Crippen MR) is 95.0 cm³/mol. The molecule has 1 atom stereocenters. The molecule has 3 heterocycles. The fourth-order valence-electron chi connectivity index (χ4n) is 3.61. The second-order valence-corrected chi connectivity index (χ2v) is 6.97. The highest BCUT2D eigenvalue weighted by molar-refractivity contribution is 5.83. The quantitative estimate of drug-likeness (QED) is 0.719. The van der Waals surface area contributed by atoms with Gasteiger partial charge in [0.25, 0.3) is 0 Å². The molecule has 1 unspecified atom stereocenters. The lowest BCUT2D eigenvalue weighted by molar-refractivity contribution is -0.138. The first-order valence-electron chi connectivity index (χ1n) is 9.44. The summed E-state index contributed by atoms with van der Waals surface area (Å²) in [7, 11) is 0. The van der Waals surface area contributed by atoms with Crippen LogP contribution in [0, 0.1) is 5.92 Å². The van der Waals surface area contributed by atoms with Crippen molar-refractivity contribution in [3.63, 3.8) is 0 Å². The number of amides is 3. The lowest BCUT2D eigenvalue weighted by atomic mass is 9.96. The van der Waals surface area contributed by atoms with Crippen LogP contribution in [-0.4, -0.2) is 70.0 Å². The lowest BCUT2D eigenvalue weighted by Gasteiger charge is -2.32. The van der Waals surface area contributed by atoms with E-state index in [1.807, 2.05) is 17.2 Å². The van der Waals surface area contributed by atoms with Gasteiger partial charge in [-0.15, -0.1) is 0 Å². The van der Waals surface area contributed by atoms with Crippen molar-refractivity contribution < 1.29 is 14.4 Å². The van der Waals surface area contributed by atoms with Crippen LogP contribution in [-0.2, 0) is 20.9 Å². The van der Waals surface area contributed by atoms with Gasteiger partial charge in [0.15, 0.2) is 0 Å². The summed E-state index contributed by atoms with van der Waals surface area (Å²) in [4.78, 5) is 39.8. The Morgan fingerprint density at radius 2 is 1.96 bits per heavy atom. The Morgan fingerprint density at radius 3 is 2.69 bits per heavy atom. The first kappa shape index (κ1) is 18.4. The van der Waals surface area contributed by atoms with Gasteiger partial charge in [0.2, 0.25) is 17.7 Å². The molecule has 8 nitrogen and oxygen atoms in total. The SMILES string of the molecule is O=C(NCCn1cccn1)C1CCC(=O)N(CCCN2CCCC2=O)C1. The van der Waals surface area contributed by atoms with Gasteiger partial charge >= 0.3 is 0 Å². The number of carbonyl (C=O) groups excluding carboxylic acids is 3. The number of likely N-dealkylation sites (tertiary alicyclic amines) is 2. The number of hydrogen-bond donors (Lipinski definition) is 1. The number of rotatable bonds is 8. The third-order valence-corrected chi connectivity index (χ3v) is 5.10. The predicted octanol–water partition coefficient (Wildman–Crippen LogP) is 0.250. The molecule has 26 heavy (non-hydrogen) atoms. The summed E-state index contributed by atoms with van der Waals surface area (Å²) >= 11 is 0. The molecule has 2 saturated heterocycles. The molecule has 0 bridgehead atoms. The average Bonchev–Trinajstić information content (AvgIpc) is 3.28. The van der Waals surface area contributed by atoms with Gasteiger partial charge in [0, 0.05) is 58.0 Å². The van der Waals surface area contributed by atoms with Gasteiger partial charge in [-0.3, -0.25) is 19.1 Å². The van der Waals surface area contributed by atoms with Crippen molar-refractivity contribution in [2.24, 2.45) is 5.92 Å². The fourth-order valence-corrected chi connectivity index (χ4v) is 3.61. The molecule has 0 saturated carbocycles. The van der Waals surface area contributed by atoms with E-state index in [1.54, 1.807) is 15.8 Å². The molecule has 3 rings (SSSR count). The molecule has 0 aromatic carbocycles. The smallest absolute Gasteiger partial charge is 0.224 e. The topological polar surface area (TPSA) is 87.5 Å². The maximum absolute atomic E-state index is 12.4. The van der Waals surface area contributed by atoms with Gasteiger partial charge in [0.05, 0.1) is 12.5 Å². The summed E-state index contributed by atoms with van der Waals surface area (Å²) in [5.74, 6) is 0.172. The molecule has 8 heteroatoms. The first-order valence-corrected chi connectivity index (χ1v) is 9.44. The Bertz CT molecular complexity index is 631. The summed E-state index contributed by atoms with van der Waals surface area (Å²) < 4.78 is 1.77. The van der Waals surface area contributed by atoms with Crippen molar-refractivity contribution in [3.8, 4) is 0 Å². The highest BCUT2D eigenvalue weighted by Crippen LogP contribution is 2.18. The molecule has 2 aliphatic heterocycles. The van der Waals surface area contributed by atoms with E-state index in [-0.39, 0.29) is 23.6 Å². The number of carbonyl (C=O) groups is 3. The van der Waals surface area contributed by atoms with Crippen LogP contribution < -0.4 is 5.32 Å². The third kappa shape index (κ3) is 4.83. The van der Waals surface area contributed by atoms with E-state index in [0.29, 0.717) is 52.0 Å². The second kappa shape index (κ2) is 8.82. The highest BCUT2D eigenvalue weighted by Gasteiger charge is 2.30. The largest absolute Gasteiger partial charge is 0.354 e. The fraction of sp³-hybridized carbons (Fsp3) is 0.667. The van der Waals surface area contributed by atoms with Gasteiger partial charge in [-0.1, -0.05) is 0 Å². The van der Waals surface area contributed by atoms with Crippen LogP contribution in [0.25, 0.3) is 0 Å². The minimum atomic E-state index is -0.154. The summed E-state index contributed by atoms with van der Waals surface area (Å²) in [6, 6.07) is 1.85. The molecule has 0 radical (unpaired) electrons. The molecule has 142 valence electrons. The van der Waals surface area contributed by atoms with Crippen LogP contribution >= 0.6 is 0 Å². The van der Waals surface area contributed by atoms with Crippen LogP contribution in [0.1, 0.15) is 32.1 Å². The summed E-state index contributed by atoms with van der Waals surface area (Å²) in [6.07, 6.45) is 6.94. The molecule has 0 spiro atoms. The van der Waals surface area contributed by atoms with E-state index in [0.717, 1.165) is 19.4 Å². The summed E-state index contributed by atoms with van der Waals surface area (Å²) in [6.45, 7) is 3.78. The van der Waals surface area contributed by atoms with Gasteiger partial charge in [-0.05, 0) is 25.3 Å². The number of nitrogens with one attached hydrogen (secondary N) is 1. The molecule has 1 aromatic rings. The van der Waals surface area contributed by atoms with Gasteiger partial charge in [-0.25, -0.2) is 0 Å². The second-order valence-electron chi connectivity index (χ2n) is 6.97. The van der Waals surface area contributed by atoms with Gasteiger partial charge in [-0.2, -0.15) is 5.10 Å². The number of piperidine rings is 1. The Balaban J connectivity index is 1.39. The standard InChI is InChI=1S/C18H27N5O3/c24-16-4-1-9-21(16)10-3-11-22-14-15(5-6-17(22)25)18(26)19-8-13-23-12-2-7-20-23/h2,7,12,15H,1,3-6,8-11,13-14H2,(H,19,26). The van der Waals surface area contributed by atoms with Crippen LogP contribution in [0.2, 0.25) is 0 Å². The summed E-state index contributed by atoms with van der Waals surface area (Å²) in [5.41, 5.74) is 0. The molecule has 2 fully saturated rings. The summed E-state index contributed by atoms with van der Waals surface area (Å²) in [5, 5.41) is 7.05. The third-order valence-electron chi connectivity index (χ3n) is 5.10. The molecule has 2 aliphatic rings. The first-order chi connectivity index (χ1) is 12.6. The molecular weight excluding hydrogens is 334 g/mol. The number of hydrogen-bond acceptors (Lipinski definition) is 4. The Morgan fingerprint density at radius 1 is 1.15 bits per heavy atom. The maximum atomic E-state index is 12.4. The minimum absolute atomic E-state index is 0.00405. The van der Waals surface area contributed by atoms with E-state index in [4.69, 9.17) is 0 Å². The van der Waals surface area contributed by atoms with E-state index < -0.39 is 0 Å². The van der Waals surface area contributed by atoms with Crippen molar-refractivity contribution >= 4 is 17.7 Å². The Hall–Kier alpha value is -2.38. The monoisotopic (exact) mass is 361 g/mol. The molecule has 1 N–H and O–H groups in total. The lowest BCUT2D eigenvalue weighted by Crippen LogP contribution is -2.46. The zero-order valence-corrected chi connectivity index (χ0v) is 15.1. The number of nitrogens with zero attached hydrogens (tertiary/aromatic N) is 4. The maximum Gasteiger partial charge on any atom is 0.224 e. The van der Waals surface area contributed by atoms with Crippen LogP contribution in [0.3, 0.4) is 0 Å². The number of aromatic nitrogens is 2. The van der Waals surface area contributed by atoms with Crippen molar-refractivity contribution in [1.29, 1.82) is 0 Å². The van der Waals surface area contributed by atoms with E-state index in [9.17, 15) is 14.4 Å². The van der Waals surface area contributed by atoms with E-state index in [2.05, 4.69) is 10.4 Å². The Labute approximate surface area is 153 Å². The highest BCUT2D eigenvalue weighted by atomic mass is 16.2. The van der Waals surface area contributed by atoms with E-state index >= 15 is 0 Å². The zero-order chi connectivity index (χ0) is 18.4. The van der Waals surface area contributed by atoms with Gasteiger partial charge in [0.1, 0.15) is 0 Å². The molecule has 0 aliphatic carbocycles. The molecule has 1 aromatic heterocycles.